The highest BCUT2D eigenvalue weighted by Crippen LogP contribution is 2.42. The molecule has 0 aromatic heterocycles. The Hall–Kier alpha value is -2.02. The number of hydrogen-bond acceptors (Lipinski definition) is 3. The summed E-state index contributed by atoms with van der Waals surface area (Å²) in [7, 11) is 0. The lowest BCUT2D eigenvalue weighted by Crippen LogP contribution is -2.54. The van der Waals surface area contributed by atoms with Crippen LogP contribution in [0, 0.1) is 29.4 Å². The maximum absolute atomic E-state index is 13.4. The largest absolute Gasteiger partial charge is 0.339 e. The molecule has 3 aliphatic rings. The summed E-state index contributed by atoms with van der Waals surface area (Å²) in [6.07, 6.45) is 5.22. The van der Waals surface area contributed by atoms with E-state index in [-0.39, 0.29) is 29.3 Å². The first-order valence-electron chi connectivity index (χ1n) is 10.2. The Kier molecular flexibility index (Phi) is 5.36. The van der Waals surface area contributed by atoms with Crippen molar-refractivity contribution in [3.8, 4) is 0 Å². The smallest absolute Gasteiger partial charge is 0.254 e. The zero-order chi connectivity index (χ0) is 19.8. The number of nitrogens with zero attached hydrogens (tertiary/aromatic N) is 2. The van der Waals surface area contributed by atoms with Gasteiger partial charge in [0.15, 0.2) is 11.6 Å². The average Bonchev–Trinajstić information content (AvgIpc) is 2.69. The predicted octanol–water partition coefficient (Wildman–Crippen LogP) is 2.40. The minimum Gasteiger partial charge on any atom is -0.339 e. The van der Waals surface area contributed by atoms with E-state index in [2.05, 4.69) is 0 Å². The molecular formula is C21H27F2N3O2. The van der Waals surface area contributed by atoms with E-state index in [0.717, 1.165) is 37.8 Å². The van der Waals surface area contributed by atoms with Gasteiger partial charge in [-0.3, -0.25) is 9.59 Å². The summed E-state index contributed by atoms with van der Waals surface area (Å²) in [5.41, 5.74) is 6.46. The quantitative estimate of drug-likeness (QED) is 0.842. The van der Waals surface area contributed by atoms with E-state index >= 15 is 0 Å². The van der Waals surface area contributed by atoms with Crippen LogP contribution in [0.4, 0.5) is 8.78 Å². The molecule has 1 aliphatic heterocycles. The molecule has 1 saturated heterocycles. The summed E-state index contributed by atoms with van der Waals surface area (Å²) in [5, 5.41) is 0. The molecule has 1 aromatic carbocycles. The third kappa shape index (κ3) is 3.64. The zero-order valence-electron chi connectivity index (χ0n) is 15.9. The molecule has 2 amide bonds. The highest BCUT2D eigenvalue weighted by molar-refractivity contribution is 5.94. The van der Waals surface area contributed by atoms with Gasteiger partial charge in [0.2, 0.25) is 5.91 Å². The summed E-state index contributed by atoms with van der Waals surface area (Å²) in [6, 6.07) is 3.43. The van der Waals surface area contributed by atoms with E-state index in [1.807, 2.05) is 4.90 Å². The number of amides is 2. The monoisotopic (exact) mass is 391 g/mol. The molecule has 2 N–H and O–H groups in total. The second kappa shape index (κ2) is 7.78. The van der Waals surface area contributed by atoms with Crippen molar-refractivity contribution >= 4 is 11.8 Å². The Morgan fingerprint density at radius 1 is 0.929 bits per heavy atom. The van der Waals surface area contributed by atoms with E-state index in [0.29, 0.717) is 38.0 Å². The minimum atomic E-state index is -1.03. The zero-order valence-corrected chi connectivity index (χ0v) is 15.9. The Morgan fingerprint density at radius 3 is 2.14 bits per heavy atom. The van der Waals surface area contributed by atoms with Crippen LogP contribution >= 0.6 is 0 Å². The lowest BCUT2D eigenvalue weighted by atomic mass is 9.65. The van der Waals surface area contributed by atoms with Crippen LogP contribution in [-0.2, 0) is 4.79 Å². The van der Waals surface area contributed by atoms with Gasteiger partial charge in [-0.2, -0.15) is 0 Å². The van der Waals surface area contributed by atoms with Gasteiger partial charge in [0.1, 0.15) is 0 Å². The van der Waals surface area contributed by atoms with Crippen molar-refractivity contribution in [1.29, 1.82) is 0 Å². The van der Waals surface area contributed by atoms with Crippen LogP contribution in [0.15, 0.2) is 18.2 Å². The van der Waals surface area contributed by atoms with Gasteiger partial charge in [0, 0.05) is 43.7 Å². The van der Waals surface area contributed by atoms with Gasteiger partial charge in [-0.05, 0) is 55.7 Å². The van der Waals surface area contributed by atoms with Crippen LogP contribution in [0.25, 0.3) is 0 Å². The molecule has 1 heterocycles. The lowest BCUT2D eigenvalue weighted by molar-refractivity contribution is -0.140. The van der Waals surface area contributed by atoms with Crippen LogP contribution in [0.5, 0.6) is 0 Å². The highest BCUT2D eigenvalue weighted by Gasteiger charge is 2.42. The van der Waals surface area contributed by atoms with E-state index in [4.69, 9.17) is 5.73 Å². The topological polar surface area (TPSA) is 66.6 Å². The number of hydrogen-bond donors (Lipinski definition) is 1. The number of fused-ring (bicyclic) bond motifs is 2. The Morgan fingerprint density at radius 2 is 1.54 bits per heavy atom. The molecule has 2 aliphatic carbocycles. The molecule has 5 nitrogen and oxygen atoms in total. The Balaban J connectivity index is 1.34. The van der Waals surface area contributed by atoms with Gasteiger partial charge >= 0.3 is 0 Å². The molecule has 2 atom stereocenters. The van der Waals surface area contributed by atoms with Crippen LogP contribution in [-0.4, -0.2) is 53.8 Å². The maximum atomic E-state index is 13.4. The number of piperazine rings is 1. The van der Waals surface area contributed by atoms with Crippen molar-refractivity contribution < 1.29 is 18.4 Å². The van der Waals surface area contributed by atoms with Crippen LogP contribution < -0.4 is 5.73 Å². The van der Waals surface area contributed by atoms with Crippen molar-refractivity contribution in [3.63, 3.8) is 0 Å². The third-order valence-corrected chi connectivity index (χ3v) is 6.81. The fourth-order valence-corrected chi connectivity index (χ4v) is 5.19. The van der Waals surface area contributed by atoms with Crippen molar-refractivity contribution in [2.75, 3.05) is 26.2 Å². The van der Waals surface area contributed by atoms with Crippen LogP contribution in [0.2, 0.25) is 0 Å². The Labute approximate surface area is 163 Å². The molecule has 2 bridgehead atoms. The number of carbonyl (C=O) groups is 2. The van der Waals surface area contributed by atoms with E-state index in [1.165, 1.54) is 12.5 Å². The molecule has 28 heavy (non-hydrogen) atoms. The van der Waals surface area contributed by atoms with Gasteiger partial charge in [-0.1, -0.05) is 6.42 Å². The van der Waals surface area contributed by atoms with E-state index < -0.39 is 11.6 Å². The SMILES string of the molecule is NC1C2CCCC1CC(C(=O)N1CCN(C(=O)c3ccc(F)c(F)c3)CC1)C2. The number of carbonyl (C=O) groups excluding carboxylic acids is 2. The summed E-state index contributed by atoms with van der Waals surface area (Å²) in [5.74, 6) is -1.18. The summed E-state index contributed by atoms with van der Waals surface area (Å²) in [4.78, 5) is 29.0. The van der Waals surface area contributed by atoms with Gasteiger partial charge in [0.25, 0.3) is 5.91 Å². The summed E-state index contributed by atoms with van der Waals surface area (Å²) < 4.78 is 26.5. The number of rotatable bonds is 2. The van der Waals surface area contributed by atoms with Gasteiger partial charge in [-0.25, -0.2) is 8.78 Å². The number of benzene rings is 1. The second-order valence-corrected chi connectivity index (χ2v) is 8.44. The third-order valence-electron chi connectivity index (χ3n) is 6.81. The highest BCUT2D eigenvalue weighted by atomic mass is 19.2. The summed E-state index contributed by atoms with van der Waals surface area (Å²) >= 11 is 0. The molecule has 2 saturated carbocycles. The maximum Gasteiger partial charge on any atom is 0.254 e. The van der Waals surface area contributed by atoms with Gasteiger partial charge < -0.3 is 15.5 Å². The summed E-state index contributed by atoms with van der Waals surface area (Å²) in [6.45, 7) is 1.77. The van der Waals surface area contributed by atoms with Crippen molar-refractivity contribution in [2.45, 2.75) is 38.1 Å². The first-order chi connectivity index (χ1) is 13.4. The molecule has 7 heteroatoms. The molecule has 152 valence electrons. The van der Waals surface area contributed by atoms with Crippen molar-refractivity contribution in [2.24, 2.45) is 23.5 Å². The molecule has 0 spiro atoms. The normalized spacial score (nSPS) is 30.2. The van der Waals surface area contributed by atoms with Crippen molar-refractivity contribution in [1.82, 2.24) is 9.80 Å². The fourth-order valence-electron chi connectivity index (χ4n) is 5.19. The van der Waals surface area contributed by atoms with E-state index in [9.17, 15) is 18.4 Å². The number of halogens is 2. The molecule has 1 aromatic rings. The molecule has 0 radical (unpaired) electrons. The molecule has 2 unspecified atom stereocenters. The lowest BCUT2D eigenvalue weighted by Gasteiger charge is -2.45. The first kappa shape index (κ1) is 19.3. The molecular weight excluding hydrogens is 364 g/mol. The fraction of sp³-hybridized carbons (Fsp3) is 0.619. The van der Waals surface area contributed by atoms with E-state index in [1.54, 1.807) is 4.90 Å². The first-order valence-corrected chi connectivity index (χ1v) is 10.2. The minimum absolute atomic E-state index is 0.0449. The predicted molar refractivity (Wildman–Crippen MR) is 100 cm³/mol. The standard InChI is InChI=1S/C21H27F2N3O2/c22-17-5-4-15(12-18(17)23)20(27)25-6-8-26(9-7-25)21(28)16-10-13-2-1-3-14(11-16)19(13)24/h4-5,12-14,16,19H,1-3,6-11,24H2. The Bertz CT molecular complexity index is 750. The van der Waals surface area contributed by atoms with Gasteiger partial charge in [-0.15, -0.1) is 0 Å². The molecule has 4 rings (SSSR count). The van der Waals surface area contributed by atoms with Crippen LogP contribution in [0.1, 0.15) is 42.5 Å². The average molecular weight is 391 g/mol. The van der Waals surface area contributed by atoms with Crippen molar-refractivity contribution in [3.05, 3.63) is 35.4 Å². The number of nitrogens with two attached hydrogens (primary N) is 1. The van der Waals surface area contributed by atoms with Crippen LogP contribution in [0.3, 0.4) is 0 Å². The second-order valence-electron chi connectivity index (χ2n) is 8.44. The molecule has 3 fully saturated rings. The van der Waals surface area contributed by atoms with Gasteiger partial charge in [0.05, 0.1) is 0 Å².